The van der Waals surface area contributed by atoms with Crippen LogP contribution in [0.4, 0.5) is 18.9 Å². The molecule has 1 unspecified atom stereocenters. The predicted octanol–water partition coefficient (Wildman–Crippen LogP) is 4.73. The van der Waals surface area contributed by atoms with Crippen LogP contribution in [0.2, 0.25) is 0 Å². The van der Waals surface area contributed by atoms with E-state index in [-0.39, 0.29) is 6.04 Å². The number of alkyl halides is 3. The average Bonchev–Trinajstić information content (AvgIpc) is 2.89. The van der Waals surface area contributed by atoms with Crippen LogP contribution < -0.4 is 5.32 Å². The molecule has 2 rings (SSSR count). The van der Waals surface area contributed by atoms with Crippen molar-refractivity contribution in [2.45, 2.75) is 32.0 Å². The third kappa shape index (κ3) is 4.05. The van der Waals surface area contributed by atoms with Gasteiger partial charge in [0.25, 0.3) is 0 Å². The summed E-state index contributed by atoms with van der Waals surface area (Å²) in [4.78, 5) is 0. The fourth-order valence-corrected chi connectivity index (χ4v) is 1.93. The van der Waals surface area contributed by atoms with Gasteiger partial charge in [-0.25, -0.2) is 0 Å². The zero-order valence-corrected chi connectivity index (χ0v) is 11.1. The Morgan fingerprint density at radius 3 is 2.40 bits per heavy atom. The number of rotatable bonds is 5. The Hall–Kier alpha value is -1.91. The summed E-state index contributed by atoms with van der Waals surface area (Å²) in [6.07, 6.45) is -1.02. The van der Waals surface area contributed by atoms with Crippen LogP contribution in [0, 0.1) is 0 Å². The first-order valence-electron chi connectivity index (χ1n) is 6.41. The van der Waals surface area contributed by atoms with Crippen LogP contribution in [0.15, 0.2) is 47.1 Å². The smallest absolute Gasteiger partial charge is 0.416 e. The summed E-state index contributed by atoms with van der Waals surface area (Å²) in [5, 5.41) is 3.17. The number of halogens is 3. The van der Waals surface area contributed by atoms with E-state index in [1.165, 1.54) is 12.1 Å². The lowest BCUT2D eigenvalue weighted by Crippen LogP contribution is -2.16. The molecule has 0 fully saturated rings. The second-order valence-corrected chi connectivity index (χ2v) is 4.74. The van der Waals surface area contributed by atoms with Crippen molar-refractivity contribution >= 4 is 5.69 Å². The molecule has 2 aromatic rings. The standard InChI is InChI=1S/C15H16F3NO/c1-11(4-9-14-3-2-10-20-14)19-13-7-5-12(6-8-13)15(16,17)18/h2-3,5-8,10-11,19H,4,9H2,1H3. The van der Waals surface area contributed by atoms with Gasteiger partial charge < -0.3 is 9.73 Å². The van der Waals surface area contributed by atoms with Crippen molar-refractivity contribution < 1.29 is 17.6 Å². The fraction of sp³-hybridized carbons (Fsp3) is 0.333. The Morgan fingerprint density at radius 2 is 1.85 bits per heavy atom. The summed E-state index contributed by atoms with van der Waals surface area (Å²) in [6.45, 7) is 1.99. The number of hydrogen-bond donors (Lipinski definition) is 1. The molecule has 0 amide bonds. The molecule has 0 aliphatic heterocycles. The summed E-state index contributed by atoms with van der Waals surface area (Å²) in [5.41, 5.74) is 0.0521. The van der Waals surface area contributed by atoms with E-state index in [0.717, 1.165) is 30.7 Å². The molecule has 0 saturated carbocycles. The summed E-state index contributed by atoms with van der Waals surface area (Å²) < 4.78 is 42.5. The van der Waals surface area contributed by atoms with E-state index >= 15 is 0 Å². The number of furan rings is 1. The molecule has 0 aliphatic rings. The number of nitrogens with one attached hydrogen (secondary N) is 1. The molecule has 0 radical (unpaired) electrons. The zero-order valence-electron chi connectivity index (χ0n) is 11.1. The van der Waals surface area contributed by atoms with E-state index < -0.39 is 11.7 Å². The van der Waals surface area contributed by atoms with Crippen molar-refractivity contribution in [3.8, 4) is 0 Å². The topological polar surface area (TPSA) is 25.2 Å². The molecule has 0 spiro atoms. The average molecular weight is 283 g/mol. The molecular weight excluding hydrogens is 267 g/mol. The molecule has 1 N–H and O–H groups in total. The summed E-state index contributed by atoms with van der Waals surface area (Å²) >= 11 is 0. The fourth-order valence-electron chi connectivity index (χ4n) is 1.93. The van der Waals surface area contributed by atoms with Crippen molar-refractivity contribution in [3.63, 3.8) is 0 Å². The first-order chi connectivity index (χ1) is 9.45. The van der Waals surface area contributed by atoms with Crippen LogP contribution in [-0.2, 0) is 12.6 Å². The van der Waals surface area contributed by atoms with Gasteiger partial charge in [-0.2, -0.15) is 13.2 Å². The van der Waals surface area contributed by atoms with Gasteiger partial charge in [0.05, 0.1) is 11.8 Å². The normalized spacial score (nSPS) is 13.2. The van der Waals surface area contributed by atoms with Gasteiger partial charge in [-0.1, -0.05) is 0 Å². The van der Waals surface area contributed by atoms with E-state index in [9.17, 15) is 13.2 Å². The Labute approximate surface area is 115 Å². The second-order valence-electron chi connectivity index (χ2n) is 4.74. The monoisotopic (exact) mass is 283 g/mol. The highest BCUT2D eigenvalue weighted by molar-refractivity contribution is 5.45. The van der Waals surface area contributed by atoms with Crippen LogP contribution in [0.25, 0.3) is 0 Å². The third-order valence-corrected chi connectivity index (χ3v) is 3.03. The van der Waals surface area contributed by atoms with Gasteiger partial charge in [-0.15, -0.1) is 0 Å². The maximum atomic E-state index is 12.4. The molecule has 1 heterocycles. The molecule has 1 aromatic heterocycles. The first kappa shape index (κ1) is 14.5. The highest BCUT2D eigenvalue weighted by Crippen LogP contribution is 2.29. The van der Waals surface area contributed by atoms with Crippen LogP contribution in [0.1, 0.15) is 24.7 Å². The van der Waals surface area contributed by atoms with E-state index in [1.807, 2.05) is 19.1 Å². The molecule has 20 heavy (non-hydrogen) atoms. The highest BCUT2D eigenvalue weighted by Gasteiger charge is 2.29. The highest BCUT2D eigenvalue weighted by atomic mass is 19.4. The predicted molar refractivity (Wildman–Crippen MR) is 71.6 cm³/mol. The minimum Gasteiger partial charge on any atom is -0.469 e. The van der Waals surface area contributed by atoms with Gasteiger partial charge in [0.2, 0.25) is 0 Å². The van der Waals surface area contributed by atoms with Crippen LogP contribution in [-0.4, -0.2) is 6.04 Å². The minimum absolute atomic E-state index is 0.150. The SMILES string of the molecule is CC(CCc1ccco1)Nc1ccc(C(F)(F)F)cc1. The Bertz CT molecular complexity index is 517. The number of benzene rings is 1. The zero-order chi connectivity index (χ0) is 14.6. The van der Waals surface area contributed by atoms with Crippen molar-refractivity contribution in [2.24, 2.45) is 0 Å². The van der Waals surface area contributed by atoms with Gasteiger partial charge in [0, 0.05) is 18.2 Å². The van der Waals surface area contributed by atoms with Crippen LogP contribution in [0.5, 0.6) is 0 Å². The van der Waals surface area contributed by atoms with Gasteiger partial charge in [-0.3, -0.25) is 0 Å². The Balaban J connectivity index is 1.86. The van der Waals surface area contributed by atoms with Gasteiger partial charge >= 0.3 is 6.18 Å². The molecule has 108 valence electrons. The number of hydrogen-bond acceptors (Lipinski definition) is 2. The maximum absolute atomic E-state index is 12.4. The lowest BCUT2D eigenvalue weighted by molar-refractivity contribution is -0.137. The quantitative estimate of drug-likeness (QED) is 0.858. The van der Waals surface area contributed by atoms with Crippen molar-refractivity contribution in [1.82, 2.24) is 0 Å². The molecular formula is C15H16F3NO. The summed E-state index contributed by atoms with van der Waals surface area (Å²) in [5.74, 6) is 0.908. The Morgan fingerprint density at radius 1 is 1.15 bits per heavy atom. The molecule has 1 atom stereocenters. The van der Waals surface area contributed by atoms with Gasteiger partial charge in [0.15, 0.2) is 0 Å². The summed E-state index contributed by atoms with van der Waals surface area (Å²) in [6, 6.07) is 8.97. The first-order valence-corrected chi connectivity index (χ1v) is 6.41. The molecule has 0 bridgehead atoms. The largest absolute Gasteiger partial charge is 0.469 e. The van der Waals surface area contributed by atoms with Crippen LogP contribution in [0.3, 0.4) is 0 Å². The van der Waals surface area contributed by atoms with E-state index in [4.69, 9.17) is 4.42 Å². The molecule has 0 aliphatic carbocycles. The lowest BCUT2D eigenvalue weighted by atomic mass is 10.1. The second kappa shape index (κ2) is 6.03. The number of aryl methyl sites for hydroxylation is 1. The van der Waals surface area contributed by atoms with E-state index in [2.05, 4.69) is 5.32 Å². The minimum atomic E-state index is -4.29. The van der Waals surface area contributed by atoms with Crippen LogP contribution >= 0.6 is 0 Å². The maximum Gasteiger partial charge on any atom is 0.416 e. The molecule has 0 saturated heterocycles. The summed E-state index contributed by atoms with van der Waals surface area (Å²) in [7, 11) is 0. The third-order valence-electron chi connectivity index (χ3n) is 3.03. The van der Waals surface area contributed by atoms with E-state index in [0.29, 0.717) is 5.69 Å². The van der Waals surface area contributed by atoms with Crippen molar-refractivity contribution in [3.05, 3.63) is 54.0 Å². The molecule has 1 aromatic carbocycles. The lowest BCUT2D eigenvalue weighted by Gasteiger charge is -2.15. The van der Waals surface area contributed by atoms with Gasteiger partial charge in [0.1, 0.15) is 5.76 Å². The van der Waals surface area contributed by atoms with E-state index in [1.54, 1.807) is 6.26 Å². The number of anilines is 1. The Kier molecular flexibility index (Phi) is 4.37. The molecule has 2 nitrogen and oxygen atoms in total. The van der Waals surface area contributed by atoms with Gasteiger partial charge in [-0.05, 0) is 49.7 Å². The molecule has 5 heteroatoms. The van der Waals surface area contributed by atoms with Crippen molar-refractivity contribution in [1.29, 1.82) is 0 Å². The van der Waals surface area contributed by atoms with Crippen molar-refractivity contribution in [2.75, 3.05) is 5.32 Å².